The van der Waals surface area contributed by atoms with E-state index in [1.54, 1.807) is 13.3 Å². The Morgan fingerprint density at radius 3 is 2.71 bits per heavy atom. The first-order valence-electron chi connectivity index (χ1n) is 2.08. The smallest absolute Gasteiger partial charge is 0.134 e. The lowest BCUT2D eigenvalue weighted by Crippen LogP contribution is -1.91. The molecule has 0 aliphatic heterocycles. The molecule has 0 aromatic carbocycles. The molecule has 0 saturated carbocycles. The fraction of sp³-hybridized carbons (Fsp3) is 0.500. The molecule has 0 fully saturated rings. The standard InChI is InChI=1S/C4H9N3/c1-3-6-4-7-5-2/h3-5H,1-2H3/b6-3+,7-4-. The molecule has 0 radical (unpaired) electrons. The van der Waals surface area contributed by atoms with E-state index < -0.39 is 0 Å². The fourth-order valence-electron chi connectivity index (χ4n) is 0.158. The van der Waals surface area contributed by atoms with Crippen molar-refractivity contribution in [2.75, 3.05) is 7.05 Å². The summed E-state index contributed by atoms with van der Waals surface area (Å²) in [7, 11) is 1.72. The van der Waals surface area contributed by atoms with Gasteiger partial charge < -0.3 is 5.43 Å². The summed E-state index contributed by atoms with van der Waals surface area (Å²) in [4.78, 5) is 3.68. The van der Waals surface area contributed by atoms with Gasteiger partial charge in [-0.05, 0) is 6.92 Å². The number of hydrazone groups is 1. The summed E-state index contributed by atoms with van der Waals surface area (Å²) in [6, 6.07) is 0. The Labute approximate surface area is 43.1 Å². The molecule has 0 amide bonds. The third-order valence-electron chi connectivity index (χ3n) is 0.403. The van der Waals surface area contributed by atoms with E-state index in [9.17, 15) is 0 Å². The Balaban J connectivity index is 3.09. The quantitative estimate of drug-likeness (QED) is 0.300. The molecule has 0 aromatic heterocycles. The van der Waals surface area contributed by atoms with Crippen LogP contribution in [-0.2, 0) is 0 Å². The van der Waals surface area contributed by atoms with Crippen LogP contribution in [0.3, 0.4) is 0 Å². The molecule has 0 bridgehead atoms. The van der Waals surface area contributed by atoms with E-state index in [0.717, 1.165) is 0 Å². The Kier molecular flexibility index (Phi) is 4.51. The maximum Gasteiger partial charge on any atom is 0.134 e. The van der Waals surface area contributed by atoms with Gasteiger partial charge in [0.25, 0.3) is 0 Å². The van der Waals surface area contributed by atoms with Crippen LogP contribution < -0.4 is 5.43 Å². The van der Waals surface area contributed by atoms with Gasteiger partial charge in [0.15, 0.2) is 0 Å². The van der Waals surface area contributed by atoms with E-state index in [1.807, 2.05) is 6.92 Å². The summed E-state index contributed by atoms with van der Waals surface area (Å²) < 4.78 is 0. The molecule has 40 valence electrons. The zero-order chi connectivity index (χ0) is 5.54. The summed E-state index contributed by atoms with van der Waals surface area (Å²) in [6.45, 7) is 1.84. The highest BCUT2D eigenvalue weighted by Crippen LogP contribution is 1.53. The Morgan fingerprint density at radius 2 is 2.29 bits per heavy atom. The maximum atomic E-state index is 3.68. The van der Waals surface area contributed by atoms with Crippen molar-refractivity contribution in [1.82, 2.24) is 5.43 Å². The first-order chi connectivity index (χ1) is 3.41. The molecule has 3 heteroatoms. The second kappa shape index (κ2) is 5.14. The van der Waals surface area contributed by atoms with Crippen molar-refractivity contribution in [3.8, 4) is 0 Å². The molecule has 1 N–H and O–H groups in total. The van der Waals surface area contributed by atoms with Crippen molar-refractivity contribution in [2.45, 2.75) is 6.92 Å². The predicted octanol–water partition coefficient (Wildman–Crippen LogP) is 0.240. The largest absolute Gasteiger partial charge is 0.312 e. The van der Waals surface area contributed by atoms with Crippen molar-refractivity contribution >= 4 is 12.6 Å². The number of aliphatic imine (C=N–C) groups is 1. The predicted molar refractivity (Wildman–Crippen MR) is 31.7 cm³/mol. The third kappa shape index (κ3) is 5.14. The summed E-state index contributed by atoms with van der Waals surface area (Å²) in [5.41, 5.74) is 2.56. The van der Waals surface area contributed by atoms with Crippen molar-refractivity contribution in [1.29, 1.82) is 0 Å². The van der Waals surface area contributed by atoms with Gasteiger partial charge in [-0.2, -0.15) is 5.10 Å². The molecule has 0 unspecified atom stereocenters. The van der Waals surface area contributed by atoms with E-state index in [1.165, 1.54) is 6.34 Å². The number of rotatable bonds is 2. The van der Waals surface area contributed by atoms with Gasteiger partial charge >= 0.3 is 0 Å². The average Bonchev–Trinajstić information content (AvgIpc) is 1.69. The molecule has 3 nitrogen and oxygen atoms in total. The molecule has 0 rings (SSSR count). The minimum Gasteiger partial charge on any atom is -0.312 e. The fourth-order valence-corrected chi connectivity index (χ4v) is 0.158. The molecular formula is C4H9N3. The van der Waals surface area contributed by atoms with E-state index in [4.69, 9.17) is 0 Å². The van der Waals surface area contributed by atoms with Gasteiger partial charge in [0.05, 0.1) is 0 Å². The third-order valence-corrected chi connectivity index (χ3v) is 0.403. The second-order valence-corrected chi connectivity index (χ2v) is 0.875. The molecule has 0 aromatic rings. The van der Waals surface area contributed by atoms with Crippen molar-refractivity contribution in [3.05, 3.63) is 0 Å². The van der Waals surface area contributed by atoms with E-state index in [-0.39, 0.29) is 0 Å². The number of nitrogens with zero attached hydrogens (tertiary/aromatic N) is 2. The topological polar surface area (TPSA) is 36.8 Å². The Hall–Kier alpha value is -0.860. The SMILES string of the molecule is C/C=N/C=N\NC. The molecule has 0 spiro atoms. The van der Waals surface area contributed by atoms with E-state index in [2.05, 4.69) is 15.5 Å². The van der Waals surface area contributed by atoms with Gasteiger partial charge in [-0.25, -0.2) is 4.99 Å². The molecule has 0 aliphatic carbocycles. The van der Waals surface area contributed by atoms with Crippen molar-refractivity contribution < 1.29 is 0 Å². The van der Waals surface area contributed by atoms with Gasteiger partial charge in [-0.15, -0.1) is 0 Å². The first kappa shape index (κ1) is 6.14. The van der Waals surface area contributed by atoms with Crippen LogP contribution in [0.4, 0.5) is 0 Å². The zero-order valence-corrected chi connectivity index (χ0v) is 4.55. The highest BCUT2D eigenvalue weighted by molar-refractivity contribution is 5.70. The van der Waals surface area contributed by atoms with Gasteiger partial charge in [-0.3, -0.25) is 0 Å². The monoisotopic (exact) mass is 99.1 g/mol. The number of hydrogen-bond donors (Lipinski definition) is 1. The van der Waals surface area contributed by atoms with Crippen LogP contribution in [0.5, 0.6) is 0 Å². The highest BCUT2D eigenvalue weighted by Gasteiger charge is 1.54. The molecular weight excluding hydrogens is 90.1 g/mol. The van der Waals surface area contributed by atoms with Crippen molar-refractivity contribution in [2.24, 2.45) is 10.1 Å². The lowest BCUT2D eigenvalue weighted by atomic mass is 10.9. The molecule has 0 aliphatic rings. The van der Waals surface area contributed by atoms with Gasteiger partial charge in [0.1, 0.15) is 6.34 Å². The van der Waals surface area contributed by atoms with E-state index >= 15 is 0 Å². The Morgan fingerprint density at radius 1 is 1.57 bits per heavy atom. The minimum absolute atomic E-state index is 1.44. The summed E-state index contributed by atoms with van der Waals surface area (Å²) >= 11 is 0. The minimum atomic E-state index is 1.44. The lowest BCUT2D eigenvalue weighted by molar-refractivity contribution is 0.905. The summed E-state index contributed by atoms with van der Waals surface area (Å²) in [5.74, 6) is 0. The van der Waals surface area contributed by atoms with Gasteiger partial charge in [0.2, 0.25) is 0 Å². The molecule has 0 saturated heterocycles. The lowest BCUT2D eigenvalue weighted by Gasteiger charge is -1.77. The van der Waals surface area contributed by atoms with E-state index in [0.29, 0.717) is 0 Å². The van der Waals surface area contributed by atoms with Gasteiger partial charge in [-0.1, -0.05) is 0 Å². The maximum absolute atomic E-state index is 3.68. The Bertz CT molecular complexity index is 75.0. The van der Waals surface area contributed by atoms with Crippen molar-refractivity contribution in [3.63, 3.8) is 0 Å². The van der Waals surface area contributed by atoms with Crippen LogP contribution in [0.2, 0.25) is 0 Å². The second-order valence-electron chi connectivity index (χ2n) is 0.875. The van der Waals surface area contributed by atoms with Crippen LogP contribution in [0.25, 0.3) is 0 Å². The average molecular weight is 99.1 g/mol. The summed E-state index contributed by atoms with van der Waals surface area (Å²) in [6.07, 6.45) is 3.11. The summed E-state index contributed by atoms with van der Waals surface area (Å²) in [5, 5.41) is 3.59. The van der Waals surface area contributed by atoms with Crippen LogP contribution in [0.15, 0.2) is 10.1 Å². The van der Waals surface area contributed by atoms with Crippen LogP contribution >= 0.6 is 0 Å². The molecule has 0 heterocycles. The van der Waals surface area contributed by atoms with Crippen LogP contribution in [0, 0.1) is 0 Å². The molecule has 0 atom stereocenters. The van der Waals surface area contributed by atoms with Gasteiger partial charge in [0, 0.05) is 13.3 Å². The highest BCUT2D eigenvalue weighted by atomic mass is 15.3. The van der Waals surface area contributed by atoms with Crippen LogP contribution in [-0.4, -0.2) is 19.6 Å². The molecule has 7 heavy (non-hydrogen) atoms. The normalized spacial score (nSPS) is 11.1. The number of nitrogens with one attached hydrogen (secondary N) is 1. The van der Waals surface area contributed by atoms with Crippen LogP contribution in [0.1, 0.15) is 6.92 Å². The zero-order valence-electron chi connectivity index (χ0n) is 4.55. The number of hydrogen-bond acceptors (Lipinski definition) is 2. The first-order valence-corrected chi connectivity index (χ1v) is 2.08.